The van der Waals surface area contributed by atoms with E-state index in [9.17, 15) is 35.5 Å². The second kappa shape index (κ2) is 6.11. The molecule has 0 radical (unpaired) electrons. The smallest absolute Gasteiger partial charge is 0.396 e. The van der Waals surface area contributed by atoms with E-state index in [0.29, 0.717) is 5.56 Å². The van der Waals surface area contributed by atoms with Crippen LogP contribution in [-0.2, 0) is 11.2 Å². The molecule has 0 aliphatic rings. The Morgan fingerprint density at radius 3 is 1.91 bits per heavy atom. The van der Waals surface area contributed by atoms with E-state index in [-0.39, 0.29) is 18.7 Å². The van der Waals surface area contributed by atoms with Crippen molar-refractivity contribution in [3.05, 3.63) is 29.8 Å². The van der Waals surface area contributed by atoms with Crippen LogP contribution in [0.1, 0.15) is 5.56 Å². The first-order valence-electron chi connectivity index (χ1n) is 5.77. The van der Waals surface area contributed by atoms with Crippen LogP contribution in [0.3, 0.4) is 0 Å². The zero-order chi connectivity index (χ0) is 17.2. The number of hydrogen-bond acceptors (Lipinski definition) is 2. The van der Waals surface area contributed by atoms with Gasteiger partial charge in [-0.1, -0.05) is 12.1 Å². The van der Waals surface area contributed by atoms with Gasteiger partial charge in [-0.3, -0.25) is 4.79 Å². The fraction of sp³-hybridized carbons (Fsp3) is 0.417. The van der Waals surface area contributed by atoms with E-state index in [4.69, 9.17) is 5.11 Å². The number of rotatable bonds is 5. The van der Waals surface area contributed by atoms with Gasteiger partial charge in [0, 0.05) is 12.3 Å². The van der Waals surface area contributed by atoms with Gasteiger partial charge in [0.25, 0.3) is 0 Å². The van der Waals surface area contributed by atoms with Crippen molar-refractivity contribution >= 4 is 11.6 Å². The molecule has 22 heavy (non-hydrogen) atoms. The zero-order valence-corrected chi connectivity index (χ0v) is 10.7. The van der Waals surface area contributed by atoms with E-state index < -0.39 is 23.9 Å². The van der Waals surface area contributed by atoms with Gasteiger partial charge in [0.15, 0.2) is 0 Å². The Labute approximate surface area is 119 Å². The quantitative estimate of drug-likeness (QED) is 0.814. The molecule has 0 atom stereocenters. The van der Waals surface area contributed by atoms with Crippen LogP contribution >= 0.6 is 0 Å². The van der Waals surface area contributed by atoms with Gasteiger partial charge in [-0.2, -0.15) is 30.7 Å². The Kier molecular flexibility index (Phi) is 5.06. The van der Waals surface area contributed by atoms with E-state index in [1.807, 2.05) is 0 Å². The molecule has 0 heterocycles. The van der Waals surface area contributed by atoms with Gasteiger partial charge in [-0.05, 0) is 24.1 Å². The number of amides is 1. The largest absolute Gasteiger partial charge is 0.460 e. The molecular weight excluding hydrogens is 323 g/mol. The summed E-state index contributed by atoms with van der Waals surface area (Å²) in [4.78, 5) is 11.1. The van der Waals surface area contributed by atoms with Gasteiger partial charge in [-0.15, -0.1) is 0 Å². The molecule has 0 aliphatic heterocycles. The van der Waals surface area contributed by atoms with Crippen molar-refractivity contribution < 1.29 is 40.6 Å². The van der Waals surface area contributed by atoms with E-state index in [1.54, 1.807) is 0 Å². The minimum absolute atomic E-state index is 0.207. The van der Waals surface area contributed by atoms with Crippen molar-refractivity contribution in [3.8, 4) is 0 Å². The Morgan fingerprint density at radius 1 is 1.00 bits per heavy atom. The molecule has 1 aromatic carbocycles. The first-order valence-corrected chi connectivity index (χ1v) is 5.77. The average Bonchev–Trinajstić information content (AvgIpc) is 2.39. The highest BCUT2D eigenvalue weighted by Gasteiger charge is 2.76. The summed E-state index contributed by atoms with van der Waals surface area (Å²) in [5, 5.41) is 9.95. The number of carbonyl (C=O) groups excluding carboxylic acids is 1. The summed E-state index contributed by atoms with van der Waals surface area (Å²) in [6.07, 6.45) is -6.35. The number of hydrogen-bond donors (Lipinski definition) is 2. The van der Waals surface area contributed by atoms with Gasteiger partial charge in [0.2, 0.25) is 0 Å². The molecule has 124 valence electrons. The lowest BCUT2D eigenvalue weighted by Gasteiger charge is -2.27. The SMILES string of the molecule is O=C(Nc1ccc(CCO)cc1)C(F)(F)C(F)(F)C(F)(F)F. The van der Waals surface area contributed by atoms with Crippen molar-refractivity contribution in [1.82, 2.24) is 0 Å². The number of aliphatic hydroxyl groups is 1. The molecule has 1 amide bonds. The summed E-state index contributed by atoms with van der Waals surface area (Å²) in [5.41, 5.74) is 0.164. The Balaban J connectivity index is 2.91. The molecule has 1 rings (SSSR count). The molecule has 0 saturated heterocycles. The number of benzene rings is 1. The predicted molar refractivity (Wildman–Crippen MR) is 61.8 cm³/mol. The van der Waals surface area contributed by atoms with E-state index in [0.717, 1.165) is 12.1 Å². The third kappa shape index (κ3) is 3.49. The molecule has 0 spiro atoms. The molecule has 10 heteroatoms. The lowest BCUT2D eigenvalue weighted by atomic mass is 10.1. The molecule has 0 aliphatic carbocycles. The minimum atomic E-state index is -6.57. The van der Waals surface area contributed by atoms with Crippen molar-refractivity contribution in [2.45, 2.75) is 24.4 Å². The van der Waals surface area contributed by atoms with Gasteiger partial charge in [0.05, 0.1) is 0 Å². The summed E-state index contributed by atoms with van der Waals surface area (Å²) >= 11 is 0. The number of aliphatic hydroxyl groups excluding tert-OH is 1. The van der Waals surface area contributed by atoms with Crippen LogP contribution in [0.2, 0.25) is 0 Å². The monoisotopic (exact) mass is 333 g/mol. The maximum Gasteiger partial charge on any atom is 0.460 e. The van der Waals surface area contributed by atoms with Gasteiger partial charge >= 0.3 is 23.9 Å². The fourth-order valence-electron chi connectivity index (χ4n) is 1.41. The molecule has 0 bridgehead atoms. The van der Waals surface area contributed by atoms with Crippen molar-refractivity contribution in [2.24, 2.45) is 0 Å². The van der Waals surface area contributed by atoms with Crippen LogP contribution in [0, 0.1) is 0 Å². The maximum absolute atomic E-state index is 13.1. The fourth-order valence-corrected chi connectivity index (χ4v) is 1.41. The molecule has 2 N–H and O–H groups in total. The van der Waals surface area contributed by atoms with Gasteiger partial charge in [-0.25, -0.2) is 0 Å². The highest BCUT2D eigenvalue weighted by atomic mass is 19.4. The summed E-state index contributed by atoms with van der Waals surface area (Å²) < 4.78 is 87.2. The first-order chi connectivity index (χ1) is 9.93. The number of alkyl halides is 7. The van der Waals surface area contributed by atoms with Gasteiger partial charge in [0.1, 0.15) is 0 Å². The molecular formula is C12H10F7NO2. The average molecular weight is 333 g/mol. The van der Waals surface area contributed by atoms with Crippen molar-refractivity contribution in [3.63, 3.8) is 0 Å². The predicted octanol–water partition coefficient (Wildman–Crippen LogP) is 2.99. The molecule has 0 saturated carbocycles. The summed E-state index contributed by atoms with van der Waals surface area (Å²) in [6.45, 7) is -0.207. The molecule has 3 nitrogen and oxygen atoms in total. The summed E-state index contributed by atoms with van der Waals surface area (Å²) in [7, 11) is 0. The van der Waals surface area contributed by atoms with Crippen LogP contribution in [0.15, 0.2) is 24.3 Å². The third-order valence-electron chi connectivity index (χ3n) is 2.65. The number of carbonyl (C=O) groups is 1. The number of nitrogens with one attached hydrogen (secondary N) is 1. The maximum atomic E-state index is 13.1. The zero-order valence-electron chi connectivity index (χ0n) is 10.7. The number of anilines is 1. The van der Waals surface area contributed by atoms with Crippen LogP contribution in [0.4, 0.5) is 36.4 Å². The lowest BCUT2D eigenvalue weighted by Crippen LogP contribution is -2.57. The van der Waals surface area contributed by atoms with Crippen molar-refractivity contribution in [1.29, 1.82) is 0 Å². The van der Waals surface area contributed by atoms with Crippen LogP contribution in [0.5, 0.6) is 0 Å². The van der Waals surface area contributed by atoms with Crippen molar-refractivity contribution in [2.75, 3.05) is 11.9 Å². The third-order valence-corrected chi connectivity index (χ3v) is 2.65. The van der Waals surface area contributed by atoms with Crippen LogP contribution < -0.4 is 5.32 Å². The Hall–Kier alpha value is -1.84. The normalized spacial score (nSPS) is 13.1. The van der Waals surface area contributed by atoms with Gasteiger partial charge < -0.3 is 10.4 Å². The van der Waals surface area contributed by atoms with Crippen LogP contribution in [0.25, 0.3) is 0 Å². The van der Waals surface area contributed by atoms with E-state index in [2.05, 4.69) is 0 Å². The Bertz CT molecular complexity index is 525. The summed E-state index contributed by atoms with van der Waals surface area (Å²) in [6, 6.07) is 4.63. The summed E-state index contributed by atoms with van der Waals surface area (Å²) in [5.74, 6) is -15.2. The minimum Gasteiger partial charge on any atom is -0.396 e. The highest BCUT2D eigenvalue weighted by molar-refractivity contribution is 5.97. The van der Waals surface area contributed by atoms with E-state index in [1.165, 1.54) is 17.4 Å². The van der Waals surface area contributed by atoms with E-state index >= 15 is 0 Å². The second-order valence-corrected chi connectivity index (χ2v) is 4.27. The first kappa shape index (κ1) is 18.2. The molecule has 0 fully saturated rings. The Morgan fingerprint density at radius 2 is 1.50 bits per heavy atom. The number of halogens is 7. The highest BCUT2D eigenvalue weighted by Crippen LogP contribution is 2.46. The molecule has 1 aromatic rings. The molecule has 0 unspecified atom stereocenters. The van der Waals surface area contributed by atoms with Crippen LogP contribution in [-0.4, -0.2) is 35.6 Å². The second-order valence-electron chi connectivity index (χ2n) is 4.27. The standard InChI is InChI=1S/C12H10F7NO2/c13-10(14,11(15,16)12(17,18)19)9(22)20-8-3-1-7(2-4-8)5-6-21/h1-4,21H,5-6H2,(H,20,22). The topological polar surface area (TPSA) is 49.3 Å². The molecule has 0 aromatic heterocycles. The lowest BCUT2D eigenvalue weighted by molar-refractivity contribution is -0.343.